The largest absolute Gasteiger partial charge is 0.467 e. The summed E-state index contributed by atoms with van der Waals surface area (Å²) in [6.45, 7) is 2.31. The van der Waals surface area contributed by atoms with E-state index in [0.717, 1.165) is 13.1 Å². The quantitative estimate of drug-likeness (QED) is 0.722. The summed E-state index contributed by atoms with van der Waals surface area (Å²) in [5, 5.41) is 0. The third-order valence-electron chi connectivity index (χ3n) is 2.50. The number of nitrogens with zero attached hydrogens (tertiary/aromatic N) is 1. The molecule has 0 radical (unpaired) electrons. The van der Waals surface area contributed by atoms with Crippen LogP contribution >= 0.6 is 0 Å². The van der Waals surface area contributed by atoms with Crippen LogP contribution in [0, 0.1) is 0 Å². The van der Waals surface area contributed by atoms with E-state index in [1.165, 1.54) is 13.4 Å². The van der Waals surface area contributed by atoms with E-state index in [-0.39, 0.29) is 12.0 Å². The van der Waals surface area contributed by atoms with Gasteiger partial charge in [-0.1, -0.05) is 0 Å². The first-order valence-electron chi connectivity index (χ1n) is 4.83. The number of furan rings is 1. The average molecular weight is 210 g/mol. The summed E-state index contributed by atoms with van der Waals surface area (Å²) in [5.41, 5.74) is 6.16. The van der Waals surface area contributed by atoms with Gasteiger partial charge in [-0.05, 0) is 6.07 Å². The van der Waals surface area contributed by atoms with E-state index in [9.17, 15) is 4.79 Å². The molecule has 2 rings (SSSR count). The summed E-state index contributed by atoms with van der Waals surface area (Å²) in [5.74, 6) is 0.289. The van der Waals surface area contributed by atoms with Gasteiger partial charge in [0.25, 0.3) is 0 Å². The third kappa shape index (κ3) is 2.03. The molecule has 2 N–H and O–H groups in total. The first kappa shape index (κ1) is 10.2. The summed E-state index contributed by atoms with van der Waals surface area (Å²) < 4.78 is 9.89. The van der Waals surface area contributed by atoms with Gasteiger partial charge >= 0.3 is 5.97 Å². The van der Waals surface area contributed by atoms with Gasteiger partial charge in [0.15, 0.2) is 0 Å². The number of carbonyl (C=O) groups is 1. The molecule has 1 saturated heterocycles. The lowest BCUT2D eigenvalue weighted by molar-refractivity contribution is 0.0593. The Kier molecular flexibility index (Phi) is 2.75. The second-order valence-electron chi connectivity index (χ2n) is 3.70. The van der Waals surface area contributed by atoms with Gasteiger partial charge in [0, 0.05) is 19.1 Å². The molecule has 0 spiro atoms. The van der Waals surface area contributed by atoms with Crippen LogP contribution in [-0.4, -0.2) is 37.1 Å². The number of methoxy groups -OCH3 is 1. The Morgan fingerprint density at radius 3 is 3.07 bits per heavy atom. The summed E-state index contributed by atoms with van der Waals surface area (Å²) in [6.07, 6.45) is 1.50. The molecule has 82 valence electrons. The molecule has 15 heavy (non-hydrogen) atoms. The molecule has 1 aliphatic rings. The van der Waals surface area contributed by atoms with Crippen molar-refractivity contribution in [3.63, 3.8) is 0 Å². The van der Waals surface area contributed by atoms with E-state index in [0.29, 0.717) is 17.9 Å². The predicted molar refractivity (Wildman–Crippen MR) is 53.3 cm³/mol. The smallest absolute Gasteiger partial charge is 0.341 e. The number of carbonyl (C=O) groups excluding carboxylic acids is 1. The van der Waals surface area contributed by atoms with Gasteiger partial charge in [0.05, 0.1) is 19.9 Å². The van der Waals surface area contributed by atoms with Crippen LogP contribution in [0.1, 0.15) is 16.1 Å². The lowest BCUT2D eigenvalue weighted by Gasteiger charge is -2.36. The summed E-state index contributed by atoms with van der Waals surface area (Å²) >= 11 is 0. The molecule has 2 heterocycles. The molecular weight excluding hydrogens is 196 g/mol. The van der Waals surface area contributed by atoms with E-state index >= 15 is 0 Å². The fourth-order valence-electron chi connectivity index (χ4n) is 1.70. The van der Waals surface area contributed by atoms with E-state index in [1.54, 1.807) is 6.07 Å². The molecule has 0 aromatic carbocycles. The Balaban J connectivity index is 2.02. The van der Waals surface area contributed by atoms with Gasteiger partial charge < -0.3 is 14.9 Å². The number of ether oxygens (including phenoxy) is 1. The molecule has 5 nitrogen and oxygen atoms in total. The molecule has 1 aromatic heterocycles. The van der Waals surface area contributed by atoms with Crippen LogP contribution in [0.25, 0.3) is 0 Å². The van der Waals surface area contributed by atoms with Crippen molar-refractivity contribution in [1.29, 1.82) is 0 Å². The minimum Gasteiger partial charge on any atom is -0.467 e. The number of esters is 1. The van der Waals surface area contributed by atoms with Crippen molar-refractivity contribution in [1.82, 2.24) is 4.90 Å². The molecular formula is C10H14N2O3. The highest BCUT2D eigenvalue weighted by molar-refractivity contribution is 5.90. The Morgan fingerprint density at radius 2 is 2.47 bits per heavy atom. The van der Waals surface area contributed by atoms with Crippen LogP contribution in [0.5, 0.6) is 0 Å². The molecule has 0 aliphatic carbocycles. The van der Waals surface area contributed by atoms with Crippen LogP contribution in [0.4, 0.5) is 0 Å². The standard InChI is InChI=1S/C10H14N2O3/c1-14-10(13)8-2-3-15-9(8)6-12-4-7(11)5-12/h2-3,7H,4-6,11H2,1H3. The summed E-state index contributed by atoms with van der Waals surface area (Å²) in [4.78, 5) is 13.4. The van der Waals surface area contributed by atoms with Crippen LogP contribution < -0.4 is 5.73 Å². The van der Waals surface area contributed by atoms with Gasteiger partial charge in [0.1, 0.15) is 11.3 Å². The highest BCUT2D eigenvalue weighted by atomic mass is 16.5. The van der Waals surface area contributed by atoms with Crippen LogP contribution in [-0.2, 0) is 11.3 Å². The lowest BCUT2D eigenvalue weighted by Crippen LogP contribution is -2.54. The van der Waals surface area contributed by atoms with Gasteiger partial charge in [-0.15, -0.1) is 0 Å². The normalized spacial score (nSPS) is 17.5. The van der Waals surface area contributed by atoms with E-state index in [4.69, 9.17) is 10.2 Å². The molecule has 0 saturated carbocycles. The van der Waals surface area contributed by atoms with Gasteiger partial charge in [-0.3, -0.25) is 4.90 Å². The Labute approximate surface area is 87.8 Å². The number of hydrogen-bond donors (Lipinski definition) is 1. The minimum atomic E-state index is -0.358. The Hall–Kier alpha value is -1.33. The SMILES string of the molecule is COC(=O)c1ccoc1CN1CC(N)C1. The third-order valence-corrected chi connectivity index (χ3v) is 2.50. The number of nitrogens with two attached hydrogens (primary N) is 1. The van der Waals surface area contributed by atoms with Crippen LogP contribution in [0.3, 0.4) is 0 Å². The number of rotatable bonds is 3. The van der Waals surface area contributed by atoms with Crippen molar-refractivity contribution in [2.24, 2.45) is 5.73 Å². The first-order chi connectivity index (χ1) is 7.20. The van der Waals surface area contributed by atoms with E-state index in [1.807, 2.05) is 0 Å². The fourth-order valence-corrected chi connectivity index (χ4v) is 1.70. The second-order valence-corrected chi connectivity index (χ2v) is 3.70. The summed E-state index contributed by atoms with van der Waals surface area (Å²) in [6, 6.07) is 1.88. The number of likely N-dealkylation sites (tertiary alicyclic amines) is 1. The van der Waals surface area contributed by atoms with Gasteiger partial charge in [-0.25, -0.2) is 4.79 Å². The molecule has 1 aliphatic heterocycles. The van der Waals surface area contributed by atoms with Crippen molar-refractivity contribution < 1.29 is 13.9 Å². The molecule has 1 aromatic rings. The van der Waals surface area contributed by atoms with Crippen LogP contribution in [0.15, 0.2) is 16.7 Å². The summed E-state index contributed by atoms with van der Waals surface area (Å²) in [7, 11) is 1.36. The van der Waals surface area contributed by atoms with Gasteiger partial charge in [0.2, 0.25) is 0 Å². The van der Waals surface area contributed by atoms with Gasteiger partial charge in [-0.2, -0.15) is 0 Å². The van der Waals surface area contributed by atoms with E-state index < -0.39 is 0 Å². The van der Waals surface area contributed by atoms with Crippen molar-refractivity contribution in [2.45, 2.75) is 12.6 Å². The number of hydrogen-bond acceptors (Lipinski definition) is 5. The maximum absolute atomic E-state index is 11.3. The monoisotopic (exact) mass is 210 g/mol. The van der Waals surface area contributed by atoms with Crippen molar-refractivity contribution in [3.8, 4) is 0 Å². The van der Waals surface area contributed by atoms with Crippen molar-refractivity contribution in [3.05, 3.63) is 23.7 Å². The zero-order valence-corrected chi connectivity index (χ0v) is 8.60. The molecule has 1 fully saturated rings. The molecule has 0 atom stereocenters. The van der Waals surface area contributed by atoms with Crippen molar-refractivity contribution in [2.75, 3.05) is 20.2 Å². The molecule has 0 amide bonds. The molecule has 0 bridgehead atoms. The maximum Gasteiger partial charge on any atom is 0.341 e. The molecule has 5 heteroatoms. The zero-order valence-electron chi connectivity index (χ0n) is 8.60. The van der Waals surface area contributed by atoms with E-state index in [2.05, 4.69) is 9.64 Å². The van der Waals surface area contributed by atoms with Crippen molar-refractivity contribution >= 4 is 5.97 Å². The lowest BCUT2D eigenvalue weighted by atomic mass is 10.1. The maximum atomic E-state index is 11.3. The Morgan fingerprint density at radius 1 is 1.73 bits per heavy atom. The first-order valence-corrected chi connectivity index (χ1v) is 4.83. The minimum absolute atomic E-state index is 0.251. The second kappa shape index (κ2) is 4.04. The highest BCUT2D eigenvalue weighted by Gasteiger charge is 2.26. The topological polar surface area (TPSA) is 68.7 Å². The fraction of sp³-hybridized carbons (Fsp3) is 0.500. The predicted octanol–water partition coefficient (Wildman–Crippen LogP) is 0.209. The Bertz CT molecular complexity index is 355. The average Bonchev–Trinajstić information content (AvgIpc) is 2.62. The zero-order chi connectivity index (χ0) is 10.8. The molecule has 0 unspecified atom stereocenters. The van der Waals surface area contributed by atoms with Crippen LogP contribution in [0.2, 0.25) is 0 Å². The highest BCUT2D eigenvalue weighted by Crippen LogP contribution is 2.17.